The summed E-state index contributed by atoms with van der Waals surface area (Å²) in [6.07, 6.45) is 2.30. The molecular formula is C13H19N3O3. The van der Waals surface area contributed by atoms with Crippen molar-refractivity contribution in [2.75, 3.05) is 18.4 Å². The fourth-order valence-corrected chi connectivity index (χ4v) is 1.59. The quantitative estimate of drug-likeness (QED) is 0.429. The number of nitro groups is 1. The minimum atomic E-state index is -0.441. The number of hydrogen-bond acceptors (Lipinski definition) is 4. The third-order valence-electron chi connectivity index (χ3n) is 2.62. The number of nitrogens with one attached hydrogen (secondary N) is 2. The topological polar surface area (TPSA) is 84.3 Å². The van der Waals surface area contributed by atoms with E-state index in [1.165, 1.54) is 6.07 Å². The highest BCUT2D eigenvalue weighted by Gasteiger charge is 2.11. The molecule has 104 valence electrons. The average molecular weight is 265 g/mol. The molecule has 1 aromatic rings. The van der Waals surface area contributed by atoms with E-state index in [-0.39, 0.29) is 11.6 Å². The fraction of sp³-hybridized carbons (Fsp3) is 0.462. The predicted molar refractivity (Wildman–Crippen MR) is 74.1 cm³/mol. The molecule has 0 aliphatic rings. The van der Waals surface area contributed by atoms with Gasteiger partial charge in [-0.1, -0.05) is 25.5 Å². The van der Waals surface area contributed by atoms with Gasteiger partial charge in [-0.25, -0.2) is 0 Å². The van der Waals surface area contributed by atoms with Gasteiger partial charge in [-0.15, -0.1) is 0 Å². The van der Waals surface area contributed by atoms with Crippen LogP contribution in [0.1, 0.15) is 26.2 Å². The van der Waals surface area contributed by atoms with Crippen LogP contribution < -0.4 is 10.6 Å². The van der Waals surface area contributed by atoms with Gasteiger partial charge in [-0.3, -0.25) is 14.9 Å². The number of benzene rings is 1. The van der Waals surface area contributed by atoms with Gasteiger partial charge in [0.2, 0.25) is 5.91 Å². The lowest BCUT2D eigenvalue weighted by atomic mass is 10.2. The van der Waals surface area contributed by atoms with E-state index in [9.17, 15) is 14.9 Å². The first-order valence-electron chi connectivity index (χ1n) is 6.39. The molecule has 0 fully saturated rings. The van der Waals surface area contributed by atoms with Crippen LogP contribution in [0.3, 0.4) is 0 Å². The molecule has 6 nitrogen and oxygen atoms in total. The molecule has 0 radical (unpaired) electrons. The SMILES string of the molecule is CCCCNC(=O)CCNc1ccccc1[N+](=O)[O-]. The van der Waals surface area contributed by atoms with Gasteiger partial charge < -0.3 is 10.6 Å². The van der Waals surface area contributed by atoms with Crippen molar-refractivity contribution in [1.82, 2.24) is 5.32 Å². The van der Waals surface area contributed by atoms with Gasteiger partial charge in [-0.05, 0) is 12.5 Å². The zero-order valence-corrected chi connectivity index (χ0v) is 11.0. The molecule has 1 rings (SSSR count). The van der Waals surface area contributed by atoms with E-state index < -0.39 is 4.92 Å². The second kappa shape index (κ2) is 8.07. The molecular weight excluding hydrogens is 246 g/mol. The van der Waals surface area contributed by atoms with Crippen molar-refractivity contribution in [1.29, 1.82) is 0 Å². The minimum Gasteiger partial charge on any atom is -0.379 e. The minimum absolute atomic E-state index is 0.0221. The second-order valence-corrected chi connectivity index (χ2v) is 4.15. The standard InChI is InChI=1S/C13H19N3O3/c1-2-3-9-15-13(17)8-10-14-11-6-4-5-7-12(11)16(18)19/h4-7,14H,2-3,8-10H2,1H3,(H,15,17). The number of para-hydroxylation sites is 2. The fourth-order valence-electron chi connectivity index (χ4n) is 1.59. The number of hydrogen-bond donors (Lipinski definition) is 2. The molecule has 0 aliphatic carbocycles. The van der Waals surface area contributed by atoms with E-state index in [2.05, 4.69) is 17.6 Å². The molecule has 6 heteroatoms. The van der Waals surface area contributed by atoms with Crippen molar-refractivity contribution < 1.29 is 9.72 Å². The molecule has 2 N–H and O–H groups in total. The summed E-state index contributed by atoms with van der Waals surface area (Å²) < 4.78 is 0. The number of anilines is 1. The molecule has 0 heterocycles. The maximum absolute atomic E-state index is 11.4. The molecule has 0 bridgehead atoms. The number of nitrogens with zero attached hydrogens (tertiary/aromatic N) is 1. The molecule has 0 aromatic heterocycles. The molecule has 0 atom stereocenters. The number of carbonyl (C=O) groups is 1. The van der Waals surface area contributed by atoms with Crippen LogP contribution >= 0.6 is 0 Å². The van der Waals surface area contributed by atoms with E-state index in [4.69, 9.17) is 0 Å². The Balaban J connectivity index is 2.37. The van der Waals surface area contributed by atoms with E-state index >= 15 is 0 Å². The zero-order valence-electron chi connectivity index (χ0n) is 11.0. The first-order valence-corrected chi connectivity index (χ1v) is 6.39. The third-order valence-corrected chi connectivity index (χ3v) is 2.62. The van der Waals surface area contributed by atoms with E-state index in [0.29, 0.717) is 25.2 Å². The molecule has 1 aromatic carbocycles. The summed E-state index contributed by atoms with van der Waals surface area (Å²) >= 11 is 0. The predicted octanol–water partition coefficient (Wildman–Crippen LogP) is 2.31. The summed E-state index contributed by atoms with van der Waals surface area (Å²) in [6, 6.07) is 6.40. The molecule has 0 spiro atoms. The van der Waals surface area contributed by atoms with Gasteiger partial charge in [0.25, 0.3) is 5.69 Å². The lowest BCUT2D eigenvalue weighted by Crippen LogP contribution is -2.26. The Hall–Kier alpha value is -2.11. The Morgan fingerprint density at radius 1 is 1.32 bits per heavy atom. The third kappa shape index (κ3) is 5.37. The van der Waals surface area contributed by atoms with Crippen LogP contribution in [0.2, 0.25) is 0 Å². The van der Waals surface area contributed by atoms with E-state index in [0.717, 1.165) is 12.8 Å². The van der Waals surface area contributed by atoms with Crippen molar-refractivity contribution in [3.63, 3.8) is 0 Å². The highest BCUT2D eigenvalue weighted by atomic mass is 16.6. The van der Waals surface area contributed by atoms with Crippen LogP contribution in [-0.4, -0.2) is 23.9 Å². The summed E-state index contributed by atoms with van der Waals surface area (Å²) in [5, 5.41) is 16.5. The maximum Gasteiger partial charge on any atom is 0.292 e. The van der Waals surface area contributed by atoms with Crippen molar-refractivity contribution in [3.05, 3.63) is 34.4 Å². The monoisotopic (exact) mass is 265 g/mol. The summed E-state index contributed by atoms with van der Waals surface area (Å²) in [4.78, 5) is 21.8. The smallest absolute Gasteiger partial charge is 0.292 e. The van der Waals surface area contributed by atoms with Crippen molar-refractivity contribution in [3.8, 4) is 0 Å². The van der Waals surface area contributed by atoms with Crippen LogP contribution in [0.15, 0.2) is 24.3 Å². The first kappa shape index (κ1) is 14.9. The van der Waals surface area contributed by atoms with E-state index in [1.807, 2.05) is 0 Å². The number of amides is 1. The molecule has 1 amide bonds. The Labute approximate surface area is 112 Å². The number of carbonyl (C=O) groups excluding carboxylic acids is 1. The van der Waals surface area contributed by atoms with Crippen molar-refractivity contribution in [2.45, 2.75) is 26.2 Å². The summed E-state index contributed by atoms with van der Waals surface area (Å²) in [6.45, 7) is 3.12. The van der Waals surface area contributed by atoms with Gasteiger partial charge in [-0.2, -0.15) is 0 Å². The molecule has 0 saturated carbocycles. The summed E-state index contributed by atoms with van der Waals surface area (Å²) in [5.41, 5.74) is 0.461. The Morgan fingerprint density at radius 2 is 2.05 bits per heavy atom. The number of rotatable bonds is 8. The van der Waals surface area contributed by atoms with E-state index in [1.54, 1.807) is 18.2 Å². The maximum atomic E-state index is 11.4. The van der Waals surface area contributed by atoms with Gasteiger partial charge in [0.15, 0.2) is 0 Å². The number of unbranched alkanes of at least 4 members (excludes halogenated alkanes) is 1. The molecule has 0 saturated heterocycles. The van der Waals surface area contributed by atoms with Crippen LogP contribution in [0.4, 0.5) is 11.4 Å². The average Bonchev–Trinajstić information content (AvgIpc) is 2.39. The molecule has 19 heavy (non-hydrogen) atoms. The Morgan fingerprint density at radius 3 is 2.74 bits per heavy atom. The van der Waals surface area contributed by atoms with Crippen LogP contribution in [0.25, 0.3) is 0 Å². The van der Waals surface area contributed by atoms with Crippen LogP contribution in [-0.2, 0) is 4.79 Å². The number of nitro benzene ring substituents is 1. The van der Waals surface area contributed by atoms with Crippen LogP contribution in [0.5, 0.6) is 0 Å². The van der Waals surface area contributed by atoms with Crippen LogP contribution in [0, 0.1) is 10.1 Å². The normalized spacial score (nSPS) is 9.95. The van der Waals surface area contributed by atoms with Crippen molar-refractivity contribution >= 4 is 17.3 Å². The molecule has 0 aliphatic heterocycles. The summed E-state index contributed by atoms with van der Waals surface area (Å²) in [7, 11) is 0. The van der Waals surface area contributed by atoms with Gasteiger partial charge in [0.1, 0.15) is 5.69 Å². The Bertz CT molecular complexity index is 435. The summed E-state index contributed by atoms with van der Waals surface area (Å²) in [5.74, 6) is -0.0421. The zero-order chi connectivity index (χ0) is 14.1. The largest absolute Gasteiger partial charge is 0.379 e. The lowest BCUT2D eigenvalue weighted by molar-refractivity contribution is -0.384. The lowest BCUT2D eigenvalue weighted by Gasteiger charge is -2.07. The van der Waals surface area contributed by atoms with Gasteiger partial charge in [0, 0.05) is 25.6 Å². The second-order valence-electron chi connectivity index (χ2n) is 4.15. The van der Waals surface area contributed by atoms with Crippen molar-refractivity contribution in [2.24, 2.45) is 0 Å². The highest BCUT2D eigenvalue weighted by molar-refractivity contribution is 5.76. The highest BCUT2D eigenvalue weighted by Crippen LogP contribution is 2.22. The molecule has 0 unspecified atom stereocenters. The first-order chi connectivity index (χ1) is 9.15. The van der Waals surface area contributed by atoms with Gasteiger partial charge in [0.05, 0.1) is 4.92 Å². The van der Waals surface area contributed by atoms with Gasteiger partial charge >= 0.3 is 0 Å². The Kier molecular flexibility index (Phi) is 6.35.